The van der Waals surface area contributed by atoms with Gasteiger partial charge in [0.15, 0.2) is 0 Å². The van der Waals surface area contributed by atoms with E-state index in [4.69, 9.17) is 10.8 Å². The lowest BCUT2D eigenvalue weighted by atomic mass is 9.90. The van der Waals surface area contributed by atoms with E-state index in [1.54, 1.807) is 0 Å². The molecule has 0 saturated heterocycles. The Labute approximate surface area is 115 Å². The predicted molar refractivity (Wildman–Crippen MR) is 77.3 cm³/mol. The van der Waals surface area contributed by atoms with Gasteiger partial charge >= 0.3 is 5.97 Å². The van der Waals surface area contributed by atoms with Gasteiger partial charge in [-0.2, -0.15) is 0 Å². The second kappa shape index (κ2) is 6.68. The maximum atomic E-state index is 10.8. The summed E-state index contributed by atoms with van der Waals surface area (Å²) in [6.45, 7) is 6.30. The number of likely N-dealkylation sites (N-methyl/N-ethyl adjacent to an activating group) is 1. The van der Waals surface area contributed by atoms with Crippen LogP contribution in [0.1, 0.15) is 48.9 Å². The van der Waals surface area contributed by atoms with Crippen molar-refractivity contribution in [3.63, 3.8) is 0 Å². The lowest BCUT2D eigenvalue weighted by Crippen LogP contribution is -2.38. The molecular formula is C15H24N2O2. The standard InChI is InChI=1S/C15H24N2O2/c1-9(2)11-6-5-10(3)12(7-11)15(17-4)13(16)8-14(18)19/h5-7,9,13,15,17H,8,16H2,1-4H3,(H,18,19). The zero-order chi connectivity index (χ0) is 14.6. The van der Waals surface area contributed by atoms with Crippen LogP contribution in [0.25, 0.3) is 0 Å². The number of hydrogen-bond acceptors (Lipinski definition) is 3. The summed E-state index contributed by atoms with van der Waals surface area (Å²) in [7, 11) is 1.81. The minimum absolute atomic E-state index is 0.0448. The number of nitrogens with one attached hydrogen (secondary N) is 1. The lowest BCUT2D eigenvalue weighted by molar-refractivity contribution is -0.137. The zero-order valence-electron chi connectivity index (χ0n) is 12.1. The number of aryl methyl sites for hydroxylation is 1. The van der Waals surface area contributed by atoms with Crippen molar-refractivity contribution in [2.75, 3.05) is 7.05 Å². The Morgan fingerprint density at radius 1 is 1.42 bits per heavy atom. The van der Waals surface area contributed by atoms with E-state index in [1.807, 2.05) is 14.0 Å². The van der Waals surface area contributed by atoms with Gasteiger partial charge in [-0.25, -0.2) is 0 Å². The molecule has 0 aliphatic rings. The summed E-state index contributed by atoms with van der Waals surface area (Å²) in [5.74, 6) is -0.432. The normalized spacial score (nSPS) is 14.4. The van der Waals surface area contributed by atoms with Crippen LogP contribution >= 0.6 is 0 Å². The molecule has 4 heteroatoms. The van der Waals surface area contributed by atoms with Gasteiger partial charge in [-0.3, -0.25) is 4.79 Å². The van der Waals surface area contributed by atoms with Gasteiger partial charge in [0.05, 0.1) is 6.42 Å². The first kappa shape index (κ1) is 15.7. The highest BCUT2D eigenvalue weighted by Gasteiger charge is 2.22. The molecule has 0 heterocycles. The summed E-state index contributed by atoms with van der Waals surface area (Å²) in [6, 6.07) is 5.73. The number of rotatable bonds is 6. The molecule has 2 atom stereocenters. The molecule has 0 fully saturated rings. The zero-order valence-corrected chi connectivity index (χ0v) is 12.1. The second-order valence-corrected chi connectivity index (χ2v) is 5.30. The third-order valence-corrected chi connectivity index (χ3v) is 3.45. The van der Waals surface area contributed by atoms with E-state index in [9.17, 15) is 4.79 Å². The number of hydrogen-bond donors (Lipinski definition) is 3. The Morgan fingerprint density at radius 2 is 2.05 bits per heavy atom. The van der Waals surface area contributed by atoms with Crippen LogP contribution in [0.5, 0.6) is 0 Å². The van der Waals surface area contributed by atoms with Crippen molar-refractivity contribution < 1.29 is 9.90 Å². The fraction of sp³-hybridized carbons (Fsp3) is 0.533. The predicted octanol–water partition coefficient (Wildman–Crippen LogP) is 2.18. The molecule has 0 saturated carbocycles. The summed E-state index contributed by atoms with van der Waals surface area (Å²) in [5.41, 5.74) is 9.47. The van der Waals surface area contributed by atoms with Crippen LogP contribution in [0.3, 0.4) is 0 Å². The van der Waals surface area contributed by atoms with Gasteiger partial charge in [0.2, 0.25) is 0 Å². The van der Waals surface area contributed by atoms with Gasteiger partial charge < -0.3 is 16.2 Å². The number of benzene rings is 1. The van der Waals surface area contributed by atoms with Crippen LogP contribution < -0.4 is 11.1 Å². The molecular weight excluding hydrogens is 240 g/mol. The molecule has 0 aromatic heterocycles. The molecule has 19 heavy (non-hydrogen) atoms. The van der Waals surface area contributed by atoms with Gasteiger partial charge in [-0.1, -0.05) is 32.0 Å². The Hall–Kier alpha value is -1.39. The number of carboxylic acids is 1. The minimum Gasteiger partial charge on any atom is -0.481 e. The summed E-state index contributed by atoms with van der Waals surface area (Å²) in [4.78, 5) is 10.8. The van der Waals surface area contributed by atoms with Crippen LogP contribution in [-0.4, -0.2) is 24.2 Å². The molecule has 0 amide bonds. The largest absolute Gasteiger partial charge is 0.481 e. The minimum atomic E-state index is -0.870. The van der Waals surface area contributed by atoms with Crippen LogP contribution in [0.4, 0.5) is 0 Å². The quantitative estimate of drug-likeness (QED) is 0.736. The maximum Gasteiger partial charge on any atom is 0.304 e. The first-order valence-corrected chi connectivity index (χ1v) is 6.61. The van der Waals surface area contributed by atoms with Crippen LogP contribution in [0.15, 0.2) is 18.2 Å². The van der Waals surface area contributed by atoms with Crippen molar-refractivity contribution in [3.05, 3.63) is 34.9 Å². The maximum absolute atomic E-state index is 10.8. The first-order valence-electron chi connectivity index (χ1n) is 6.61. The summed E-state index contributed by atoms with van der Waals surface area (Å²) in [5, 5.41) is 12.0. The van der Waals surface area contributed by atoms with Crippen molar-refractivity contribution >= 4 is 5.97 Å². The Morgan fingerprint density at radius 3 is 2.53 bits per heavy atom. The molecule has 0 aliphatic carbocycles. The second-order valence-electron chi connectivity index (χ2n) is 5.30. The Balaban J connectivity index is 3.09. The van der Waals surface area contributed by atoms with Crippen LogP contribution in [0.2, 0.25) is 0 Å². The average molecular weight is 264 g/mol. The highest BCUT2D eigenvalue weighted by molar-refractivity contribution is 5.67. The molecule has 4 N–H and O–H groups in total. The highest BCUT2D eigenvalue weighted by Crippen LogP contribution is 2.25. The van der Waals surface area contributed by atoms with E-state index in [2.05, 4.69) is 37.4 Å². The monoisotopic (exact) mass is 264 g/mol. The third-order valence-electron chi connectivity index (χ3n) is 3.45. The summed E-state index contributed by atoms with van der Waals surface area (Å²) < 4.78 is 0. The average Bonchev–Trinajstić information content (AvgIpc) is 2.31. The Kier molecular flexibility index (Phi) is 5.51. The lowest BCUT2D eigenvalue weighted by Gasteiger charge is -2.25. The number of carbonyl (C=O) groups is 1. The molecule has 0 spiro atoms. The first-order chi connectivity index (χ1) is 8.86. The molecule has 1 rings (SSSR count). The molecule has 1 aromatic rings. The van der Waals surface area contributed by atoms with Crippen molar-refractivity contribution in [2.45, 2.75) is 45.2 Å². The van der Waals surface area contributed by atoms with E-state index in [0.29, 0.717) is 5.92 Å². The number of carboxylic acid groups (broad SMARTS) is 1. The SMILES string of the molecule is CNC(c1cc(C(C)C)ccc1C)C(N)CC(=O)O. The molecule has 0 radical (unpaired) electrons. The molecule has 4 nitrogen and oxygen atoms in total. The van der Waals surface area contributed by atoms with Gasteiger partial charge in [0, 0.05) is 12.1 Å². The smallest absolute Gasteiger partial charge is 0.304 e. The van der Waals surface area contributed by atoms with Crippen molar-refractivity contribution in [3.8, 4) is 0 Å². The van der Waals surface area contributed by atoms with E-state index < -0.39 is 12.0 Å². The highest BCUT2D eigenvalue weighted by atomic mass is 16.4. The van der Waals surface area contributed by atoms with Crippen molar-refractivity contribution in [1.29, 1.82) is 0 Å². The summed E-state index contributed by atoms with van der Waals surface area (Å²) >= 11 is 0. The van der Waals surface area contributed by atoms with Gasteiger partial charge in [0.1, 0.15) is 0 Å². The molecule has 0 bridgehead atoms. The summed E-state index contributed by atoms with van der Waals surface area (Å²) in [6.07, 6.45) is -0.0448. The number of aliphatic carboxylic acids is 1. The van der Waals surface area contributed by atoms with Crippen LogP contribution in [-0.2, 0) is 4.79 Å². The Bertz CT molecular complexity index is 444. The van der Waals surface area contributed by atoms with E-state index in [-0.39, 0.29) is 12.5 Å². The number of nitrogens with two attached hydrogens (primary N) is 1. The topological polar surface area (TPSA) is 75.3 Å². The van der Waals surface area contributed by atoms with E-state index in [1.165, 1.54) is 5.56 Å². The van der Waals surface area contributed by atoms with Gasteiger partial charge in [-0.05, 0) is 36.6 Å². The van der Waals surface area contributed by atoms with Crippen molar-refractivity contribution in [2.24, 2.45) is 5.73 Å². The molecule has 106 valence electrons. The molecule has 1 aromatic carbocycles. The van der Waals surface area contributed by atoms with E-state index >= 15 is 0 Å². The van der Waals surface area contributed by atoms with E-state index in [0.717, 1.165) is 11.1 Å². The van der Waals surface area contributed by atoms with Gasteiger partial charge in [0.25, 0.3) is 0 Å². The van der Waals surface area contributed by atoms with Gasteiger partial charge in [-0.15, -0.1) is 0 Å². The fourth-order valence-corrected chi connectivity index (χ4v) is 2.27. The molecule has 0 aliphatic heterocycles. The fourth-order valence-electron chi connectivity index (χ4n) is 2.27. The molecule has 2 unspecified atom stereocenters. The van der Waals surface area contributed by atoms with Crippen molar-refractivity contribution in [1.82, 2.24) is 5.32 Å². The third kappa shape index (κ3) is 4.04. The van der Waals surface area contributed by atoms with Crippen LogP contribution in [0, 0.1) is 6.92 Å².